The fourth-order valence-electron chi connectivity index (χ4n) is 2.46. The average Bonchev–Trinajstić information content (AvgIpc) is 2.89. The number of aryl methyl sites for hydroxylation is 1. The van der Waals surface area contributed by atoms with E-state index < -0.39 is 11.7 Å². The van der Waals surface area contributed by atoms with Gasteiger partial charge in [-0.2, -0.15) is 28.2 Å². The molecule has 0 radical (unpaired) electrons. The van der Waals surface area contributed by atoms with Crippen molar-refractivity contribution in [2.24, 2.45) is 7.05 Å². The molecule has 0 amide bonds. The van der Waals surface area contributed by atoms with Crippen LogP contribution in [0, 0.1) is 0 Å². The highest BCUT2D eigenvalue weighted by atomic mass is 19.4. The van der Waals surface area contributed by atoms with Crippen molar-refractivity contribution in [2.45, 2.75) is 12.7 Å². The van der Waals surface area contributed by atoms with Crippen molar-refractivity contribution >= 4 is 22.8 Å². The molecule has 126 valence electrons. The molecule has 6 nitrogen and oxygen atoms in total. The molecule has 0 spiro atoms. The first-order valence-electron chi connectivity index (χ1n) is 7.09. The Morgan fingerprint density at radius 1 is 1.21 bits per heavy atom. The number of rotatable bonds is 3. The zero-order valence-corrected chi connectivity index (χ0v) is 13.0. The Labute approximate surface area is 135 Å². The van der Waals surface area contributed by atoms with Crippen molar-refractivity contribution in [3.05, 3.63) is 41.6 Å². The second-order valence-corrected chi connectivity index (χ2v) is 5.43. The van der Waals surface area contributed by atoms with Crippen LogP contribution in [0.25, 0.3) is 11.0 Å². The predicted octanol–water partition coefficient (Wildman–Crippen LogP) is 2.60. The van der Waals surface area contributed by atoms with Gasteiger partial charge in [-0.3, -0.25) is 4.68 Å². The lowest BCUT2D eigenvalue weighted by Gasteiger charge is -2.20. The first-order chi connectivity index (χ1) is 11.3. The van der Waals surface area contributed by atoms with Crippen molar-refractivity contribution < 1.29 is 13.2 Å². The first kappa shape index (κ1) is 16.0. The molecule has 0 saturated heterocycles. The molecular weight excluding hydrogens is 321 g/mol. The zero-order valence-electron chi connectivity index (χ0n) is 13.0. The summed E-state index contributed by atoms with van der Waals surface area (Å²) in [5.74, 6) is 0.472. The predicted molar refractivity (Wildman–Crippen MR) is 84.3 cm³/mol. The SMILES string of the molecule is CN(Cc1ccccc1C(F)(F)F)c1nc(N)c2cnn(C)c2n1. The molecule has 0 unspecified atom stereocenters. The van der Waals surface area contributed by atoms with Gasteiger partial charge < -0.3 is 10.6 Å². The zero-order chi connectivity index (χ0) is 17.5. The largest absolute Gasteiger partial charge is 0.416 e. The van der Waals surface area contributed by atoms with Crippen LogP contribution in [0.15, 0.2) is 30.5 Å². The molecule has 3 rings (SSSR count). The molecule has 2 aromatic heterocycles. The summed E-state index contributed by atoms with van der Waals surface area (Å²) in [6, 6.07) is 5.43. The molecule has 0 saturated carbocycles. The monoisotopic (exact) mass is 336 g/mol. The van der Waals surface area contributed by atoms with Gasteiger partial charge in [0.1, 0.15) is 5.82 Å². The summed E-state index contributed by atoms with van der Waals surface area (Å²) < 4.78 is 40.8. The number of benzene rings is 1. The standard InChI is InChI=1S/C15H15F3N6/c1-23(8-9-5-3-4-6-11(9)15(16,17)18)14-21-12(19)10-7-20-24(2)13(10)22-14/h3-7H,8H2,1-2H3,(H2,19,21,22). The van der Waals surface area contributed by atoms with Gasteiger partial charge in [-0.05, 0) is 11.6 Å². The first-order valence-corrected chi connectivity index (χ1v) is 7.09. The van der Waals surface area contributed by atoms with Gasteiger partial charge >= 0.3 is 6.18 Å². The summed E-state index contributed by atoms with van der Waals surface area (Å²) in [4.78, 5) is 10.0. The average molecular weight is 336 g/mol. The van der Waals surface area contributed by atoms with Gasteiger partial charge in [-0.15, -0.1) is 0 Å². The Hall–Kier alpha value is -2.84. The van der Waals surface area contributed by atoms with E-state index in [9.17, 15) is 13.2 Å². The molecule has 24 heavy (non-hydrogen) atoms. The summed E-state index contributed by atoms with van der Waals surface area (Å²) in [7, 11) is 3.32. The lowest BCUT2D eigenvalue weighted by Crippen LogP contribution is -2.22. The molecule has 1 aromatic carbocycles. The van der Waals surface area contributed by atoms with Gasteiger partial charge in [0.05, 0.1) is 17.1 Å². The van der Waals surface area contributed by atoms with Crippen LogP contribution in [0.3, 0.4) is 0 Å². The van der Waals surface area contributed by atoms with E-state index in [1.54, 1.807) is 26.4 Å². The third kappa shape index (κ3) is 2.84. The minimum Gasteiger partial charge on any atom is -0.383 e. The number of anilines is 2. The van der Waals surface area contributed by atoms with E-state index >= 15 is 0 Å². The van der Waals surface area contributed by atoms with E-state index in [4.69, 9.17) is 5.73 Å². The number of aromatic nitrogens is 4. The molecule has 0 bridgehead atoms. The molecule has 2 N–H and O–H groups in total. The topological polar surface area (TPSA) is 72.9 Å². The van der Waals surface area contributed by atoms with Gasteiger partial charge in [0.25, 0.3) is 0 Å². The number of halogens is 3. The summed E-state index contributed by atoms with van der Waals surface area (Å²) in [5, 5.41) is 4.66. The van der Waals surface area contributed by atoms with Gasteiger partial charge in [-0.25, -0.2) is 0 Å². The van der Waals surface area contributed by atoms with Crippen LogP contribution in [0.1, 0.15) is 11.1 Å². The molecule has 2 heterocycles. The molecule has 0 aliphatic rings. The van der Waals surface area contributed by atoms with Gasteiger partial charge in [0, 0.05) is 20.6 Å². The highest BCUT2D eigenvalue weighted by molar-refractivity contribution is 5.86. The van der Waals surface area contributed by atoms with Crippen LogP contribution < -0.4 is 10.6 Å². The fourth-order valence-corrected chi connectivity index (χ4v) is 2.46. The Kier molecular flexibility index (Phi) is 3.78. The summed E-state index contributed by atoms with van der Waals surface area (Å²) in [6.45, 7) is -0.00151. The van der Waals surface area contributed by atoms with E-state index in [-0.39, 0.29) is 23.9 Å². The third-order valence-corrected chi connectivity index (χ3v) is 3.68. The highest BCUT2D eigenvalue weighted by Crippen LogP contribution is 2.32. The fraction of sp³-hybridized carbons (Fsp3) is 0.267. The van der Waals surface area contributed by atoms with E-state index in [0.29, 0.717) is 11.0 Å². The Morgan fingerprint density at radius 3 is 2.62 bits per heavy atom. The molecule has 9 heteroatoms. The number of nitrogens with two attached hydrogens (primary N) is 1. The Morgan fingerprint density at radius 2 is 1.92 bits per heavy atom. The van der Waals surface area contributed by atoms with Crippen molar-refractivity contribution in [1.29, 1.82) is 0 Å². The smallest absolute Gasteiger partial charge is 0.383 e. The van der Waals surface area contributed by atoms with E-state index in [0.717, 1.165) is 6.07 Å². The van der Waals surface area contributed by atoms with Crippen molar-refractivity contribution in [3.8, 4) is 0 Å². The lowest BCUT2D eigenvalue weighted by molar-refractivity contribution is -0.138. The van der Waals surface area contributed by atoms with Crippen molar-refractivity contribution in [1.82, 2.24) is 19.7 Å². The molecule has 0 atom stereocenters. The molecule has 0 aliphatic heterocycles. The summed E-state index contributed by atoms with van der Waals surface area (Å²) in [6.07, 6.45) is -2.86. The molecule has 3 aromatic rings. The van der Waals surface area contributed by atoms with Gasteiger partial charge in [-0.1, -0.05) is 18.2 Å². The van der Waals surface area contributed by atoms with Crippen LogP contribution in [0.2, 0.25) is 0 Å². The maximum atomic E-state index is 13.1. The number of nitrogens with zero attached hydrogens (tertiary/aromatic N) is 5. The maximum Gasteiger partial charge on any atom is 0.416 e. The van der Waals surface area contributed by atoms with Gasteiger partial charge in [0.15, 0.2) is 5.65 Å². The molecule has 0 fully saturated rings. The van der Waals surface area contributed by atoms with Crippen LogP contribution in [0.5, 0.6) is 0 Å². The number of hydrogen-bond acceptors (Lipinski definition) is 5. The van der Waals surface area contributed by atoms with Crippen molar-refractivity contribution in [2.75, 3.05) is 17.7 Å². The Bertz CT molecular complexity index is 887. The third-order valence-electron chi connectivity index (χ3n) is 3.68. The highest BCUT2D eigenvalue weighted by Gasteiger charge is 2.33. The minimum atomic E-state index is -4.41. The van der Waals surface area contributed by atoms with Crippen LogP contribution in [0.4, 0.5) is 24.9 Å². The van der Waals surface area contributed by atoms with E-state index in [1.165, 1.54) is 21.7 Å². The quantitative estimate of drug-likeness (QED) is 0.796. The molecule has 0 aliphatic carbocycles. The Balaban J connectivity index is 1.96. The second kappa shape index (κ2) is 5.66. The maximum absolute atomic E-state index is 13.1. The number of fused-ring (bicyclic) bond motifs is 1. The lowest BCUT2D eigenvalue weighted by atomic mass is 10.1. The van der Waals surface area contributed by atoms with E-state index in [2.05, 4.69) is 15.1 Å². The van der Waals surface area contributed by atoms with Crippen LogP contribution >= 0.6 is 0 Å². The number of nitrogen functional groups attached to an aromatic ring is 1. The van der Waals surface area contributed by atoms with Crippen LogP contribution in [-0.2, 0) is 19.8 Å². The molecular formula is C15H15F3N6. The van der Waals surface area contributed by atoms with Crippen LogP contribution in [-0.4, -0.2) is 26.8 Å². The normalized spacial score (nSPS) is 11.9. The van der Waals surface area contributed by atoms with E-state index in [1.807, 2.05) is 0 Å². The summed E-state index contributed by atoms with van der Waals surface area (Å²) >= 11 is 0. The second-order valence-electron chi connectivity index (χ2n) is 5.43. The van der Waals surface area contributed by atoms with Gasteiger partial charge in [0.2, 0.25) is 5.95 Å². The number of hydrogen-bond donors (Lipinski definition) is 1. The summed E-state index contributed by atoms with van der Waals surface area (Å²) in [5.41, 5.74) is 5.88. The minimum absolute atomic E-state index is 0.00151. The number of alkyl halides is 3. The van der Waals surface area contributed by atoms with Crippen molar-refractivity contribution in [3.63, 3.8) is 0 Å².